The Hall–Kier alpha value is -1.82. The molecule has 0 unspecified atom stereocenters. The molecular weight excluding hydrogens is 362 g/mol. The lowest BCUT2D eigenvalue weighted by Gasteiger charge is -2.30. The number of ether oxygens (including phenoxy) is 3. The number of unbranched alkanes of at least 4 members (excludes halogenated alkanes) is 2. The smallest absolute Gasteiger partial charge is 0.184 e. The van der Waals surface area contributed by atoms with Gasteiger partial charge in [-0.3, -0.25) is 0 Å². The Morgan fingerprint density at radius 2 is 1.71 bits per heavy atom. The van der Waals surface area contributed by atoms with Gasteiger partial charge in [-0.2, -0.15) is 0 Å². The van der Waals surface area contributed by atoms with Gasteiger partial charge in [0.15, 0.2) is 6.29 Å². The van der Waals surface area contributed by atoms with Gasteiger partial charge in [-0.15, -0.1) is 0 Å². The molecule has 0 atom stereocenters. The summed E-state index contributed by atoms with van der Waals surface area (Å²) in [4.78, 5) is 0. The van der Waals surface area contributed by atoms with E-state index in [4.69, 9.17) is 14.2 Å². The largest absolute Gasteiger partial charge is 0.380 e. The highest BCUT2D eigenvalue weighted by Crippen LogP contribution is 2.35. The van der Waals surface area contributed by atoms with Crippen molar-refractivity contribution < 1.29 is 23.0 Å². The minimum absolute atomic E-state index is 0.0659. The average molecular weight is 390 g/mol. The number of rotatable bonds is 8. The van der Waals surface area contributed by atoms with Crippen LogP contribution in [0.3, 0.4) is 0 Å². The van der Waals surface area contributed by atoms with E-state index in [-0.39, 0.29) is 12.2 Å². The molecule has 0 N–H and O–H groups in total. The molecule has 5 heteroatoms. The molecule has 0 aromatic heterocycles. The SMILES string of the molecule is CCCCCC1COC(c2ccccc2-c2cc(F)c(COC)c(F)c2)OC1. The van der Waals surface area contributed by atoms with Gasteiger partial charge in [-0.25, -0.2) is 8.78 Å². The predicted molar refractivity (Wildman–Crippen MR) is 105 cm³/mol. The predicted octanol–water partition coefficient (Wildman–Crippen LogP) is 6.02. The Kier molecular flexibility index (Phi) is 7.54. The highest BCUT2D eigenvalue weighted by Gasteiger charge is 2.26. The molecule has 1 saturated heterocycles. The molecule has 1 heterocycles. The molecule has 0 bridgehead atoms. The molecule has 3 rings (SSSR count). The zero-order valence-corrected chi connectivity index (χ0v) is 16.5. The monoisotopic (exact) mass is 390 g/mol. The minimum atomic E-state index is -0.617. The minimum Gasteiger partial charge on any atom is -0.380 e. The van der Waals surface area contributed by atoms with E-state index in [1.165, 1.54) is 38.5 Å². The molecule has 0 saturated carbocycles. The summed E-state index contributed by atoms with van der Waals surface area (Å²) < 4.78 is 45.6. The van der Waals surface area contributed by atoms with Crippen LogP contribution in [0.2, 0.25) is 0 Å². The Labute approximate surface area is 165 Å². The van der Waals surface area contributed by atoms with Crippen LogP contribution in [0.15, 0.2) is 36.4 Å². The normalized spacial score (nSPS) is 19.7. The maximum atomic E-state index is 14.4. The summed E-state index contributed by atoms with van der Waals surface area (Å²) in [5.41, 5.74) is 1.89. The van der Waals surface area contributed by atoms with E-state index < -0.39 is 17.9 Å². The number of methoxy groups -OCH3 is 1. The molecule has 1 aliphatic heterocycles. The highest BCUT2D eigenvalue weighted by atomic mass is 19.1. The highest BCUT2D eigenvalue weighted by molar-refractivity contribution is 5.68. The molecule has 0 radical (unpaired) electrons. The van der Waals surface area contributed by atoms with E-state index in [9.17, 15) is 8.78 Å². The second-order valence-corrected chi connectivity index (χ2v) is 7.30. The number of hydrogen-bond acceptors (Lipinski definition) is 3. The summed E-state index contributed by atoms with van der Waals surface area (Å²) in [5.74, 6) is -0.834. The quantitative estimate of drug-likeness (QED) is 0.516. The number of benzene rings is 2. The van der Waals surface area contributed by atoms with Crippen molar-refractivity contribution in [3.63, 3.8) is 0 Å². The van der Waals surface area contributed by atoms with Crippen molar-refractivity contribution in [1.82, 2.24) is 0 Å². The van der Waals surface area contributed by atoms with E-state index in [2.05, 4.69) is 6.92 Å². The van der Waals surface area contributed by atoms with Crippen molar-refractivity contribution in [2.75, 3.05) is 20.3 Å². The fourth-order valence-electron chi connectivity index (χ4n) is 3.58. The molecular formula is C23H28F2O3. The Morgan fingerprint density at radius 1 is 1.04 bits per heavy atom. The summed E-state index contributed by atoms with van der Waals surface area (Å²) in [6.07, 6.45) is 4.17. The topological polar surface area (TPSA) is 27.7 Å². The molecule has 0 amide bonds. The zero-order chi connectivity index (χ0) is 19.9. The van der Waals surface area contributed by atoms with E-state index in [0.717, 1.165) is 12.0 Å². The van der Waals surface area contributed by atoms with Crippen LogP contribution < -0.4 is 0 Å². The van der Waals surface area contributed by atoms with Crippen molar-refractivity contribution in [3.05, 3.63) is 59.2 Å². The van der Waals surface area contributed by atoms with Crippen LogP contribution in [0.1, 0.15) is 50.0 Å². The van der Waals surface area contributed by atoms with Crippen LogP contribution in [0.25, 0.3) is 11.1 Å². The maximum Gasteiger partial charge on any atom is 0.184 e. The third-order valence-corrected chi connectivity index (χ3v) is 5.14. The van der Waals surface area contributed by atoms with Gasteiger partial charge < -0.3 is 14.2 Å². The van der Waals surface area contributed by atoms with Gasteiger partial charge in [0.1, 0.15) is 11.6 Å². The lowest BCUT2D eigenvalue weighted by atomic mass is 9.97. The molecule has 2 aromatic rings. The summed E-state index contributed by atoms with van der Waals surface area (Å²) in [7, 11) is 1.41. The van der Waals surface area contributed by atoms with Crippen LogP contribution in [0, 0.1) is 17.6 Å². The first-order chi connectivity index (χ1) is 13.6. The summed E-state index contributed by atoms with van der Waals surface area (Å²) >= 11 is 0. The van der Waals surface area contributed by atoms with E-state index in [0.29, 0.717) is 30.3 Å². The fraction of sp³-hybridized carbons (Fsp3) is 0.478. The Bertz CT molecular complexity index is 747. The molecule has 3 nitrogen and oxygen atoms in total. The maximum absolute atomic E-state index is 14.4. The van der Waals surface area contributed by atoms with Gasteiger partial charge in [-0.1, -0.05) is 50.5 Å². The third kappa shape index (κ3) is 4.96. The molecule has 2 aromatic carbocycles. The van der Waals surface area contributed by atoms with Crippen molar-refractivity contribution in [2.45, 2.75) is 45.5 Å². The molecule has 1 aliphatic rings. The lowest BCUT2D eigenvalue weighted by Crippen LogP contribution is -2.27. The molecule has 0 spiro atoms. The molecule has 1 fully saturated rings. The van der Waals surface area contributed by atoms with Crippen molar-refractivity contribution in [1.29, 1.82) is 0 Å². The van der Waals surface area contributed by atoms with Gasteiger partial charge in [0.25, 0.3) is 0 Å². The zero-order valence-electron chi connectivity index (χ0n) is 16.5. The second kappa shape index (κ2) is 10.1. The Morgan fingerprint density at radius 3 is 2.36 bits per heavy atom. The van der Waals surface area contributed by atoms with Crippen molar-refractivity contribution in [3.8, 4) is 11.1 Å². The lowest BCUT2D eigenvalue weighted by molar-refractivity contribution is -0.205. The van der Waals surface area contributed by atoms with E-state index >= 15 is 0 Å². The summed E-state index contributed by atoms with van der Waals surface area (Å²) in [6, 6.07) is 10.1. The Balaban J connectivity index is 1.78. The number of halogens is 2. The van der Waals surface area contributed by atoms with Gasteiger partial charge in [0, 0.05) is 24.2 Å². The average Bonchev–Trinajstić information content (AvgIpc) is 2.71. The first kappa shape index (κ1) is 20.9. The van der Waals surface area contributed by atoms with Crippen LogP contribution in [0.5, 0.6) is 0 Å². The van der Waals surface area contributed by atoms with E-state index in [1.807, 2.05) is 24.3 Å². The van der Waals surface area contributed by atoms with Crippen molar-refractivity contribution >= 4 is 0 Å². The molecule has 152 valence electrons. The first-order valence-electron chi connectivity index (χ1n) is 9.93. The number of hydrogen-bond donors (Lipinski definition) is 0. The van der Waals surface area contributed by atoms with Crippen LogP contribution in [0.4, 0.5) is 8.78 Å². The second-order valence-electron chi connectivity index (χ2n) is 7.30. The summed E-state index contributed by atoms with van der Waals surface area (Å²) in [6.45, 7) is 3.36. The summed E-state index contributed by atoms with van der Waals surface area (Å²) in [5, 5.41) is 0. The van der Waals surface area contributed by atoms with Crippen LogP contribution in [-0.4, -0.2) is 20.3 Å². The van der Waals surface area contributed by atoms with Crippen LogP contribution in [-0.2, 0) is 20.8 Å². The standard InChI is InChI=1S/C23H28F2O3/c1-3-4-5-8-16-13-27-23(28-14-16)19-10-7-6-9-18(19)17-11-21(24)20(15-26-2)22(25)12-17/h6-7,9-12,16,23H,3-5,8,13-15H2,1-2H3. The van der Waals surface area contributed by atoms with Crippen LogP contribution >= 0.6 is 0 Å². The molecule has 0 aliphatic carbocycles. The van der Waals surface area contributed by atoms with Gasteiger partial charge in [0.2, 0.25) is 0 Å². The van der Waals surface area contributed by atoms with Gasteiger partial charge >= 0.3 is 0 Å². The van der Waals surface area contributed by atoms with Gasteiger partial charge in [0.05, 0.1) is 19.8 Å². The van der Waals surface area contributed by atoms with E-state index in [1.54, 1.807) is 0 Å². The van der Waals surface area contributed by atoms with Gasteiger partial charge in [-0.05, 0) is 29.7 Å². The van der Waals surface area contributed by atoms with Crippen molar-refractivity contribution in [2.24, 2.45) is 5.92 Å². The molecule has 28 heavy (non-hydrogen) atoms. The fourth-order valence-corrected chi connectivity index (χ4v) is 3.58. The third-order valence-electron chi connectivity index (χ3n) is 5.14. The first-order valence-corrected chi connectivity index (χ1v) is 9.93.